The molecule has 1 rings (SSSR count). The molecule has 82 valence electrons. The van der Waals surface area contributed by atoms with Crippen LogP contribution in [0.15, 0.2) is 30.3 Å². The van der Waals surface area contributed by atoms with Crippen molar-refractivity contribution < 1.29 is 14.4 Å². The Bertz CT molecular complexity index is 287. The van der Waals surface area contributed by atoms with Crippen LogP contribution >= 0.6 is 0 Å². The summed E-state index contributed by atoms with van der Waals surface area (Å²) in [6.07, 6.45) is 0.756. The fraction of sp³-hybridized carbons (Fsp3) is 0.364. The van der Waals surface area contributed by atoms with E-state index >= 15 is 0 Å². The SMILES string of the molecule is COCCCONC(=O)c1ccccc1. The molecule has 0 aromatic heterocycles. The largest absolute Gasteiger partial charge is 0.385 e. The average molecular weight is 209 g/mol. The average Bonchev–Trinajstić information content (AvgIpc) is 2.30. The maximum atomic E-state index is 11.4. The number of rotatable bonds is 6. The van der Waals surface area contributed by atoms with Gasteiger partial charge in [-0.25, -0.2) is 5.48 Å². The molecule has 0 aliphatic heterocycles. The molecular weight excluding hydrogens is 194 g/mol. The molecule has 1 N–H and O–H groups in total. The summed E-state index contributed by atoms with van der Waals surface area (Å²) in [5, 5.41) is 0. The van der Waals surface area contributed by atoms with Gasteiger partial charge in [0.15, 0.2) is 0 Å². The van der Waals surface area contributed by atoms with Gasteiger partial charge in [-0.2, -0.15) is 0 Å². The van der Waals surface area contributed by atoms with Gasteiger partial charge in [0, 0.05) is 19.3 Å². The molecule has 15 heavy (non-hydrogen) atoms. The van der Waals surface area contributed by atoms with Gasteiger partial charge >= 0.3 is 0 Å². The van der Waals surface area contributed by atoms with Crippen molar-refractivity contribution in [1.82, 2.24) is 5.48 Å². The van der Waals surface area contributed by atoms with Crippen LogP contribution in [0.25, 0.3) is 0 Å². The van der Waals surface area contributed by atoms with Gasteiger partial charge < -0.3 is 4.74 Å². The number of carbonyl (C=O) groups is 1. The Morgan fingerprint density at radius 2 is 2.00 bits per heavy atom. The summed E-state index contributed by atoms with van der Waals surface area (Å²) in [6, 6.07) is 8.93. The minimum absolute atomic E-state index is 0.229. The fourth-order valence-electron chi connectivity index (χ4n) is 1.04. The van der Waals surface area contributed by atoms with Crippen LogP contribution in [0.1, 0.15) is 16.8 Å². The second-order valence-electron chi connectivity index (χ2n) is 2.99. The minimum Gasteiger partial charge on any atom is -0.385 e. The Kier molecular flexibility index (Phi) is 5.43. The third-order valence-electron chi connectivity index (χ3n) is 1.80. The van der Waals surface area contributed by atoms with Gasteiger partial charge in [-0.05, 0) is 18.6 Å². The van der Waals surface area contributed by atoms with Crippen LogP contribution in [0.2, 0.25) is 0 Å². The van der Waals surface area contributed by atoms with E-state index in [1.165, 1.54) is 0 Å². The van der Waals surface area contributed by atoms with Gasteiger partial charge in [-0.1, -0.05) is 18.2 Å². The number of ether oxygens (including phenoxy) is 1. The van der Waals surface area contributed by atoms with Gasteiger partial charge in [0.2, 0.25) is 0 Å². The Morgan fingerprint density at radius 3 is 2.67 bits per heavy atom. The molecule has 0 saturated heterocycles. The van der Waals surface area contributed by atoms with Crippen molar-refractivity contribution in [2.75, 3.05) is 20.3 Å². The van der Waals surface area contributed by atoms with Crippen molar-refractivity contribution >= 4 is 5.91 Å². The van der Waals surface area contributed by atoms with Crippen molar-refractivity contribution in [2.24, 2.45) is 0 Å². The van der Waals surface area contributed by atoms with Crippen molar-refractivity contribution in [2.45, 2.75) is 6.42 Å². The van der Waals surface area contributed by atoms with E-state index in [1.807, 2.05) is 6.07 Å². The first-order chi connectivity index (χ1) is 7.34. The topological polar surface area (TPSA) is 47.6 Å². The molecular formula is C11H15NO3. The molecule has 0 spiro atoms. The molecule has 4 nitrogen and oxygen atoms in total. The van der Waals surface area contributed by atoms with E-state index in [2.05, 4.69) is 5.48 Å². The van der Waals surface area contributed by atoms with Crippen molar-refractivity contribution in [3.05, 3.63) is 35.9 Å². The lowest BCUT2D eigenvalue weighted by Gasteiger charge is -2.05. The molecule has 1 aromatic carbocycles. The van der Waals surface area contributed by atoms with E-state index in [9.17, 15) is 4.79 Å². The lowest BCUT2D eigenvalue weighted by molar-refractivity contribution is 0.0238. The summed E-state index contributed by atoms with van der Waals surface area (Å²) >= 11 is 0. The molecule has 1 amide bonds. The Balaban J connectivity index is 2.20. The molecule has 0 aliphatic carbocycles. The second-order valence-corrected chi connectivity index (χ2v) is 2.99. The van der Waals surface area contributed by atoms with Crippen LogP contribution in [0, 0.1) is 0 Å². The number of benzene rings is 1. The summed E-state index contributed by atoms with van der Waals surface area (Å²) in [6.45, 7) is 1.08. The summed E-state index contributed by atoms with van der Waals surface area (Å²) < 4.78 is 4.84. The maximum absolute atomic E-state index is 11.4. The molecule has 0 fully saturated rings. The van der Waals surface area contributed by atoms with E-state index in [-0.39, 0.29) is 5.91 Å². The van der Waals surface area contributed by atoms with E-state index < -0.39 is 0 Å². The first-order valence-corrected chi connectivity index (χ1v) is 4.80. The van der Waals surface area contributed by atoms with E-state index in [1.54, 1.807) is 31.4 Å². The molecule has 0 radical (unpaired) electrons. The Morgan fingerprint density at radius 1 is 1.27 bits per heavy atom. The lowest BCUT2D eigenvalue weighted by Crippen LogP contribution is -2.24. The lowest BCUT2D eigenvalue weighted by atomic mass is 10.2. The number of carbonyl (C=O) groups excluding carboxylic acids is 1. The third-order valence-corrected chi connectivity index (χ3v) is 1.80. The molecule has 0 bridgehead atoms. The van der Waals surface area contributed by atoms with Gasteiger partial charge in [0.25, 0.3) is 5.91 Å². The summed E-state index contributed by atoms with van der Waals surface area (Å²) in [7, 11) is 1.63. The number of methoxy groups -OCH3 is 1. The molecule has 0 saturated carbocycles. The summed E-state index contributed by atoms with van der Waals surface area (Å²) in [5.41, 5.74) is 2.95. The smallest absolute Gasteiger partial charge is 0.274 e. The van der Waals surface area contributed by atoms with Crippen LogP contribution in [0.5, 0.6) is 0 Å². The third kappa shape index (κ3) is 4.58. The van der Waals surface area contributed by atoms with Crippen LogP contribution in [-0.4, -0.2) is 26.2 Å². The van der Waals surface area contributed by atoms with Crippen molar-refractivity contribution in [3.63, 3.8) is 0 Å². The van der Waals surface area contributed by atoms with Crippen LogP contribution in [-0.2, 0) is 9.57 Å². The highest BCUT2D eigenvalue weighted by Gasteiger charge is 2.02. The molecule has 0 heterocycles. The number of hydrogen-bond acceptors (Lipinski definition) is 3. The van der Waals surface area contributed by atoms with E-state index in [0.717, 1.165) is 6.42 Å². The quantitative estimate of drug-likeness (QED) is 0.569. The zero-order valence-corrected chi connectivity index (χ0v) is 8.73. The first-order valence-electron chi connectivity index (χ1n) is 4.80. The standard InChI is InChI=1S/C11H15NO3/c1-14-8-5-9-15-12-11(13)10-6-3-2-4-7-10/h2-4,6-7H,5,8-9H2,1H3,(H,12,13). The normalized spacial score (nSPS) is 9.93. The molecule has 0 unspecified atom stereocenters. The predicted octanol–water partition coefficient (Wildman–Crippen LogP) is 1.38. The monoisotopic (exact) mass is 209 g/mol. The molecule has 4 heteroatoms. The molecule has 0 aliphatic rings. The Hall–Kier alpha value is -1.39. The number of hydrogen-bond donors (Lipinski definition) is 1. The van der Waals surface area contributed by atoms with E-state index in [0.29, 0.717) is 18.8 Å². The zero-order valence-electron chi connectivity index (χ0n) is 8.73. The van der Waals surface area contributed by atoms with Gasteiger partial charge in [0.1, 0.15) is 0 Å². The minimum atomic E-state index is -0.229. The molecule has 0 atom stereocenters. The Labute approximate surface area is 89.1 Å². The maximum Gasteiger partial charge on any atom is 0.274 e. The van der Waals surface area contributed by atoms with E-state index in [4.69, 9.17) is 9.57 Å². The number of amides is 1. The van der Waals surface area contributed by atoms with Crippen molar-refractivity contribution in [1.29, 1.82) is 0 Å². The summed E-state index contributed by atoms with van der Waals surface area (Å²) in [4.78, 5) is 16.4. The zero-order chi connectivity index (χ0) is 10.9. The highest BCUT2D eigenvalue weighted by atomic mass is 16.7. The molecule has 1 aromatic rings. The van der Waals surface area contributed by atoms with Crippen LogP contribution < -0.4 is 5.48 Å². The van der Waals surface area contributed by atoms with Gasteiger partial charge in [-0.3, -0.25) is 9.63 Å². The predicted molar refractivity (Wildman–Crippen MR) is 56.4 cm³/mol. The highest BCUT2D eigenvalue weighted by Crippen LogP contribution is 1.97. The van der Waals surface area contributed by atoms with Crippen LogP contribution in [0.4, 0.5) is 0 Å². The van der Waals surface area contributed by atoms with Gasteiger partial charge in [0.05, 0.1) is 6.61 Å². The number of hydroxylamine groups is 1. The van der Waals surface area contributed by atoms with Gasteiger partial charge in [-0.15, -0.1) is 0 Å². The fourth-order valence-corrected chi connectivity index (χ4v) is 1.04. The summed E-state index contributed by atoms with van der Waals surface area (Å²) in [5.74, 6) is -0.229. The first kappa shape index (κ1) is 11.7. The highest BCUT2D eigenvalue weighted by molar-refractivity contribution is 5.93. The number of nitrogens with one attached hydrogen (secondary N) is 1. The second kappa shape index (κ2) is 6.98. The van der Waals surface area contributed by atoms with Crippen LogP contribution in [0.3, 0.4) is 0 Å². The van der Waals surface area contributed by atoms with Crippen molar-refractivity contribution in [3.8, 4) is 0 Å².